The molecule has 0 bridgehead atoms. The molecular weight excluding hydrogens is 256 g/mol. The molecule has 0 saturated carbocycles. The molecule has 0 heterocycles. The van der Waals surface area contributed by atoms with Gasteiger partial charge in [0, 0.05) is 6.61 Å². The van der Waals surface area contributed by atoms with Gasteiger partial charge in [-0.15, -0.1) is 0 Å². The third-order valence-corrected chi connectivity index (χ3v) is 2.72. The molecule has 0 rings (SSSR count). The summed E-state index contributed by atoms with van der Waals surface area (Å²) in [5, 5.41) is 45.9. The van der Waals surface area contributed by atoms with E-state index in [4.69, 9.17) is 14.9 Å². The Bertz CT molecular complexity index is 246. The lowest BCUT2D eigenvalue weighted by atomic mass is 10.0. The first-order valence-corrected chi connectivity index (χ1v) is 6.39. The van der Waals surface area contributed by atoms with Crippen LogP contribution in [-0.2, 0) is 9.53 Å². The van der Waals surface area contributed by atoms with Crippen LogP contribution in [0.4, 0.5) is 0 Å². The number of carbonyl (C=O) groups is 1. The molecule has 0 spiro atoms. The van der Waals surface area contributed by atoms with Crippen molar-refractivity contribution in [2.45, 2.75) is 50.6 Å². The van der Waals surface area contributed by atoms with Crippen molar-refractivity contribution < 1.29 is 35.1 Å². The van der Waals surface area contributed by atoms with Gasteiger partial charge in [0.2, 0.25) is 0 Å². The van der Waals surface area contributed by atoms with E-state index in [9.17, 15) is 20.1 Å². The lowest BCUT2D eigenvalue weighted by Crippen LogP contribution is -2.49. The predicted molar refractivity (Wildman–Crippen MR) is 66.5 cm³/mol. The molecule has 7 nitrogen and oxygen atoms in total. The van der Waals surface area contributed by atoms with Gasteiger partial charge in [0.1, 0.15) is 31.0 Å². The number of hydrogen-bond acceptors (Lipinski definition) is 7. The van der Waals surface area contributed by atoms with Crippen LogP contribution in [0.1, 0.15) is 26.2 Å². The average molecular weight is 280 g/mol. The van der Waals surface area contributed by atoms with Gasteiger partial charge < -0.3 is 30.3 Å². The molecule has 4 atom stereocenters. The van der Waals surface area contributed by atoms with E-state index in [1.807, 2.05) is 6.92 Å². The van der Waals surface area contributed by atoms with Crippen molar-refractivity contribution >= 4 is 5.78 Å². The van der Waals surface area contributed by atoms with E-state index in [1.165, 1.54) is 0 Å². The number of rotatable bonds is 11. The topological polar surface area (TPSA) is 127 Å². The molecule has 0 amide bonds. The number of aliphatic hydroxyl groups excluding tert-OH is 5. The predicted octanol–water partition coefficient (Wildman–Crippen LogP) is -1.80. The summed E-state index contributed by atoms with van der Waals surface area (Å²) in [5.74, 6) is -0.784. The fourth-order valence-corrected chi connectivity index (χ4v) is 1.43. The van der Waals surface area contributed by atoms with Gasteiger partial charge in [0.25, 0.3) is 0 Å². The largest absolute Gasteiger partial charge is 0.394 e. The minimum Gasteiger partial charge on any atom is -0.394 e. The highest BCUT2D eigenvalue weighted by Crippen LogP contribution is 2.06. The molecule has 0 aromatic rings. The number of hydrogen-bond donors (Lipinski definition) is 5. The zero-order valence-corrected chi connectivity index (χ0v) is 11.1. The van der Waals surface area contributed by atoms with E-state index in [2.05, 4.69) is 0 Å². The molecule has 0 aromatic heterocycles. The summed E-state index contributed by atoms with van der Waals surface area (Å²) >= 11 is 0. The molecule has 114 valence electrons. The van der Waals surface area contributed by atoms with Gasteiger partial charge in [-0.2, -0.15) is 0 Å². The SMILES string of the molecule is CCCCCOCC(=O)C(O)C(O)C(O)C(O)CO. The average Bonchev–Trinajstić information content (AvgIpc) is 2.43. The molecule has 0 fully saturated rings. The van der Waals surface area contributed by atoms with E-state index in [1.54, 1.807) is 0 Å². The Morgan fingerprint density at radius 1 is 1.11 bits per heavy atom. The minimum absolute atomic E-state index is 0.371. The van der Waals surface area contributed by atoms with Crippen molar-refractivity contribution in [1.82, 2.24) is 0 Å². The van der Waals surface area contributed by atoms with Gasteiger partial charge in [-0.3, -0.25) is 4.79 Å². The lowest BCUT2D eigenvalue weighted by molar-refractivity contribution is -0.150. The first-order valence-electron chi connectivity index (χ1n) is 6.39. The molecule has 0 aliphatic rings. The second kappa shape index (κ2) is 10.2. The van der Waals surface area contributed by atoms with E-state index in [0.29, 0.717) is 6.61 Å². The van der Waals surface area contributed by atoms with Crippen LogP contribution in [0.5, 0.6) is 0 Å². The van der Waals surface area contributed by atoms with Crippen LogP contribution in [0.15, 0.2) is 0 Å². The van der Waals surface area contributed by atoms with Crippen molar-refractivity contribution in [3.05, 3.63) is 0 Å². The van der Waals surface area contributed by atoms with E-state index >= 15 is 0 Å². The van der Waals surface area contributed by atoms with E-state index < -0.39 is 36.8 Å². The lowest BCUT2D eigenvalue weighted by Gasteiger charge is -2.24. The molecule has 0 aromatic carbocycles. The van der Waals surface area contributed by atoms with Crippen LogP contribution in [0.25, 0.3) is 0 Å². The fraction of sp³-hybridized carbons (Fsp3) is 0.917. The Kier molecular flexibility index (Phi) is 9.94. The van der Waals surface area contributed by atoms with Gasteiger partial charge in [-0.05, 0) is 6.42 Å². The van der Waals surface area contributed by atoms with E-state index in [-0.39, 0.29) is 6.61 Å². The van der Waals surface area contributed by atoms with Crippen LogP contribution in [-0.4, -0.2) is 75.6 Å². The molecule has 4 unspecified atom stereocenters. The Balaban J connectivity index is 4.03. The summed E-state index contributed by atoms with van der Waals surface area (Å²) in [5.41, 5.74) is 0. The van der Waals surface area contributed by atoms with Crippen LogP contribution in [0, 0.1) is 0 Å². The maximum absolute atomic E-state index is 11.4. The number of ether oxygens (including phenoxy) is 1. The summed E-state index contributed by atoms with van der Waals surface area (Å²) in [6.45, 7) is 1.25. The van der Waals surface area contributed by atoms with Gasteiger partial charge >= 0.3 is 0 Å². The smallest absolute Gasteiger partial charge is 0.189 e. The molecule has 0 saturated heterocycles. The number of carbonyl (C=O) groups excluding carboxylic acids is 1. The first-order chi connectivity index (χ1) is 8.95. The molecule has 0 aliphatic carbocycles. The minimum atomic E-state index is -1.87. The number of ketones is 1. The van der Waals surface area contributed by atoms with Gasteiger partial charge in [0.05, 0.1) is 6.61 Å². The van der Waals surface area contributed by atoms with Crippen molar-refractivity contribution in [2.24, 2.45) is 0 Å². The highest BCUT2D eigenvalue weighted by molar-refractivity contribution is 5.84. The number of aliphatic hydroxyl groups is 5. The van der Waals surface area contributed by atoms with Gasteiger partial charge in [-0.25, -0.2) is 0 Å². The highest BCUT2D eigenvalue weighted by atomic mass is 16.5. The zero-order valence-electron chi connectivity index (χ0n) is 11.1. The summed E-state index contributed by atoms with van der Waals surface area (Å²) in [4.78, 5) is 11.4. The Labute approximate surface area is 112 Å². The van der Waals surface area contributed by atoms with Crippen LogP contribution in [0.3, 0.4) is 0 Å². The summed E-state index contributed by atoms with van der Waals surface area (Å²) in [7, 11) is 0. The first kappa shape index (κ1) is 18.4. The Morgan fingerprint density at radius 3 is 2.26 bits per heavy atom. The van der Waals surface area contributed by atoms with E-state index in [0.717, 1.165) is 19.3 Å². The Hall–Kier alpha value is -0.570. The monoisotopic (exact) mass is 280 g/mol. The normalized spacial score (nSPS) is 17.8. The molecule has 7 heteroatoms. The quantitative estimate of drug-likeness (QED) is 0.282. The summed E-state index contributed by atoms with van der Waals surface area (Å²) in [6.07, 6.45) is -4.36. The fourth-order valence-electron chi connectivity index (χ4n) is 1.43. The number of unbranched alkanes of at least 4 members (excludes halogenated alkanes) is 2. The summed E-state index contributed by atoms with van der Waals surface area (Å²) in [6, 6.07) is 0. The van der Waals surface area contributed by atoms with Crippen LogP contribution in [0.2, 0.25) is 0 Å². The highest BCUT2D eigenvalue weighted by Gasteiger charge is 2.33. The van der Waals surface area contributed by atoms with Crippen molar-refractivity contribution in [3.8, 4) is 0 Å². The maximum Gasteiger partial charge on any atom is 0.189 e. The standard InChI is InChI=1S/C12H24O7/c1-2-3-4-5-19-7-9(15)11(17)12(18)10(16)8(14)6-13/h8,10-14,16-18H,2-7H2,1H3. The summed E-state index contributed by atoms with van der Waals surface area (Å²) < 4.78 is 5.02. The third kappa shape index (κ3) is 6.95. The van der Waals surface area contributed by atoms with Gasteiger partial charge in [-0.1, -0.05) is 19.8 Å². The second-order valence-corrected chi connectivity index (χ2v) is 4.40. The Morgan fingerprint density at radius 2 is 1.74 bits per heavy atom. The van der Waals surface area contributed by atoms with Crippen LogP contribution >= 0.6 is 0 Å². The third-order valence-electron chi connectivity index (χ3n) is 2.72. The number of Topliss-reactive ketones (excluding diaryl/α,β-unsaturated/α-hetero) is 1. The molecule has 0 aliphatic heterocycles. The van der Waals surface area contributed by atoms with Crippen LogP contribution < -0.4 is 0 Å². The molecule has 0 radical (unpaired) electrons. The molecule has 5 N–H and O–H groups in total. The van der Waals surface area contributed by atoms with Gasteiger partial charge in [0.15, 0.2) is 5.78 Å². The van der Waals surface area contributed by atoms with Crippen molar-refractivity contribution in [1.29, 1.82) is 0 Å². The molecular formula is C12H24O7. The molecule has 19 heavy (non-hydrogen) atoms. The zero-order chi connectivity index (χ0) is 14.8. The van der Waals surface area contributed by atoms with Crippen molar-refractivity contribution in [3.63, 3.8) is 0 Å². The second-order valence-electron chi connectivity index (χ2n) is 4.40. The maximum atomic E-state index is 11.4. The van der Waals surface area contributed by atoms with Crippen molar-refractivity contribution in [2.75, 3.05) is 19.8 Å².